The zero-order valence-corrected chi connectivity index (χ0v) is 11.3. The lowest BCUT2D eigenvalue weighted by Gasteiger charge is -2.08. The zero-order chi connectivity index (χ0) is 14.0. The van der Waals surface area contributed by atoms with Crippen LogP contribution in [0, 0.1) is 0 Å². The molecule has 0 aliphatic carbocycles. The Morgan fingerprint density at radius 1 is 0.947 bits per heavy atom. The van der Waals surface area contributed by atoms with E-state index in [1.54, 1.807) is 24.3 Å². The van der Waals surface area contributed by atoms with Gasteiger partial charge in [-0.1, -0.05) is 18.2 Å². The van der Waals surface area contributed by atoms with Crippen molar-refractivity contribution in [3.8, 4) is 0 Å². The molecule has 98 valence electrons. The van der Waals surface area contributed by atoms with Crippen molar-refractivity contribution in [2.24, 2.45) is 0 Å². The number of fused-ring (bicyclic) bond motifs is 1. The molecular weight excluding hydrogens is 240 g/mol. The quantitative estimate of drug-likeness (QED) is 0.622. The molecule has 0 aromatic heterocycles. The number of hydrogen-bond donors (Lipinski definition) is 0. The van der Waals surface area contributed by atoms with Crippen LogP contribution < -0.4 is 0 Å². The van der Waals surface area contributed by atoms with Crippen LogP contribution in [0.4, 0.5) is 0 Å². The van der Waals surface area contributed by atoms with E-state index in [0.29, 0.717) is 11.1 Å². The predicted molar refractivity (Wildman–Crippen MR) is 74.5 cm³/mol. The summed E-state index contributed by atoms with van der Waals surface area (Å²) in [6.45, 7) is 5.15. The van der Waals surface area contributed by atoms with Gasteiger partial charge in [0, 0.05) is 5.56 Å². The first-order valence-electron chi connectivity index (χ1n) is 6.23. The van der Waals surface area contributed by atoms with Gasteiger partial charge in [0.05, 0.1) is 11.7 Å². The van der Waals surface area contributed by atoms with Crippen molar-refractivity contribution in [2.45, 2.75) is 26.9 Å². The molecule has 3 nitrogen and oxygen atoms in total. The standard InChI is InChI=1S/C16H16O3/c1-10(2)19-16(18)14-7-5-12-4-6-13(11(3)17)8-15(12)9-14/h4-10H,1-3H3. The summed E-state index contributed by atoms with van der Waals surface area (Å²) in [5.74, 6) is -0.331. The molecule has 0 unspecified atom stereocenters. The van der Waals surface area contributed by atoms with Crippen LogP contribution in [0.3, 0.4) is 0 Å². The fraction of sp³-hybridized carbons (Fsp3) is 0.250. The molecule has 0 spiro atoms. The van der Waals surface area contributed by atoms with Gasteiger partial charge in [-0.25, -0.2) is 4.79 Å². The average molecular weight is 256 g/mol. The number of ether oxygens (including phenoxy) is 1. The van der Waals surface area contributed by atoms with Gasteiger partial charge in [-0.2, -0.15) is 0 Å². The third kappa shape index (κ3) is 2.99. The minimum Gasteiger partial charge on any atom is -0.459 e. The molecule has 0 bridgehead atoms. The number of carbonyl (C=O) groups excluding carboxylic acids is 2. The second kappa shape index (κ2) is 5.22. The largest absolute Gasteiger partial charge is 0.459 e. The summed E-state index contributed by atoms with van der Waals surface area (Å²) in [6.07, 6.45) is -0.147. The molecule has 0 aliphatic heterocycles. The summed E-state index contributed by atoms with van der Waals surface area (Å²) in [4.78, 5) is 23.2. The highest BCUT2D eigenvalue weighted by Crippen LogP contribution is 2.19. The summed E-state index contributed by atoms with van der Waals surface area (Å²) in [5.41, 5.74) is 1.14. The maximum absolute atomic E-state index is 11.8. The lowest BCUT2D eigenvalue weighted by atomic mass is 10.0. The van der Waals surface area contributed by atoms with Crippen LogP contribution in [0.25, 0.3) is 10.8 Å². The predicted octanol–water partition coefficient (Wildman–Crippen LogP) is 3.61. The smallest absolute Gasteiger partial charge is 0.338 e. The first kappa shape index (κ1) is 13.3. The van der Waals surface area contributed by atoms with Crippen molar-refractivity contribution in [1.82, 2.24) is 0 Å². The Morgan fingerprint density at radius 3 is 2.11 bits per heavy atom. The molecule has 3 heteroatoms. The molecule has 19 heavy (non-hydrogen) atoms. The molecule has 0 radical (unpaired) electrons. The Bertz CT molecular complexity index is 641. The Kier molecular flexibility index (Phi) is 3.65. The highest BCUT2D eigenvalue weighted by molar-refractivity contribution is 6.00. The topological polar surface area (TPSA) is 43.4 Å². The molecule has 0 atom stereocenters. The molecule has 2 rings (SSSR count). The summed E-state index contributed by atoms with van der Waals surface area (Å²) < 4.78 is 5.16. The molecule has 0 heterocycles. The Balaban J connectivity index is 2.43. The summed E-state index contributed by atoms with van der Waals surface area (Å²) in [5, 5.41) is 1.86. The third-order valence-electron chi connectivity index (χ3n) is 2.83. The third-order valence-corrected chi connectivity index (χ3v) is 2.83. The molecule has 2 aromatic carbocycles. The van der Waals surface area contributed by atoms with E-state index in [0.717, 1.165) is 10.8 Å². The Labute approximate surface area is 112 Å². The van der Waals surface area contributed by atoms with Gasteiger partial charge in [0.15, 0.2) is 5.78 Å². The van der Waals surface area contributed by atoms with Crippen LogP contribution in [0.5, 0.6) is 0 Å². The average Bonchev–Trinajstić information content (AvgIpc) is 2.36. The van der Waals surface area contributed by atoms with E-state index in [-0.39, 0.29) is 17.9 Å². The van der Waals surface area contributed by atoms with Crippen molar-refractivity contribution in [3.05, 3.63) is 47.5 Å². The van der Waals surface area contributed by atoms with Gasteiger partial charge >= 0.3 is 5.97 Å². The van der Waals surface area contributed by atoms with E-state index in [9.17, 15) is 9.59 Å². The highest BCUT2D eigenvalue weighted by atomic mass is 16.5. The van der Waals surface area contributed by atoms with E-state index in [4.69, 9.17) is 4.74 Å². The number of ketones is 1. The van der Waals surface area contributed by atoms with Gasteiger partial charge in [0.2, 0.25) is 0 Å². The van der Waals surface area contributed by atoms with Crippen molar-refractivity contribution in [2.75, 3.05) is 0 Å². The van der Waals surface area contributed by atoms with E-state index in [1.165, 1.54) is 6.92 Å². The van der Waals surface area contributed by atoms with Crippen LogP contribution in [-0.4, -0.2) is 17.9 Å². The van der Waals surface area contributed by atoms with Crippen molar-refractivity contribution >= 4 is 22.5 Å². The van der Waals surface area contributed by atoms with Crippen LogP contribution in [0.15, 0.2) is 36.4 Å². The van der Waals surface area contributed by atoms with Crippen LogP contribution in [0.1, 0.15) is 41.5 Å². The van der Waals surface area contributed by atoms with Gasteiger partial charge in [-0.3, -0.25) is 4.79 Å². The van der Waals surface area contributed by atoms with Crippen LogP contribution >= 0.6 is 0 Å². The molecule has 2 aromatic rings. The number of carbonyl (C=O) groups is 2. The number of Topliss-reactive ketones (excluding diaryl/α,β-unsaturated/α-hetero) is 1. The summed E-state index contributed by atoms with van der Waals surface area (Å²) in [7, 11) is 0. The van der Waals surface area contributed by atoms with Gasteiger partial charge < -0.3 is 4.74 Å². The number of hydrogen-bond acceptors (Lipinski definition) is 3. The van der Waals surface area contributed by atoms with Gasteiger partial charge in [-0.05, 0) is 49.7 Å². The summed E-state index contributed by atoms with van der Waals surface area (Å²) >= 11 is 0. The van der Waals surface area contributed by atoms with E-state index in [1.807, 2.05) is 26.0 Å². The monoisotopic (exact) mass is 256 g/mol. The van der Waals surface area contributed by atoms with E-state index >= 15 is 0 Å². The maximum Gasteiger partial charge on any atom is 0.338 e. The minimum absolute atomic E-state index is 0.0112. The van der Waals surface area contributed by atoms with Crippen molar-refractivity contribution in [3.63, 3.8) is 0 Å². The lowest BCUT2D eigenvalue weighted by Crippen LogP contribution is -2.11. The van der Waals surface area contributed by atoms with Crippen LogP contribution in [0.2, 0.25) is 0 Å². The van der Waals surface area contributed by atoms with Gasteiger partial charge in [0.25, 0.3) is 0 Å². The maximum atomic E-state index is 11.8. The molecular formula is C16H16O3. The SMILES string of the molecule is CC(=O)c1ccc2ccc(C(=O)OC(C)C)cc2c1. The van der Waals surface area contributed by atoms with Crippen molar-refractivity contribution in [1.29, 1.82) is 0 Å². The zero-order valence-electron chi connectivity index (χ0n) is 11.3. The van der Waals surface area contributed by atoms with Gasteiger partial charge in [0.1, 0.15) is 0 Å². The molecule has 0 saturated carbocycles. The van der Waals surface area contributed by atoms with Gasteiger partial charge in [-0.15, -0.1) is 0 Å². The Hall–Kier alpha value is -2.16. The molecule has 0 aliphatic rings. The molecule has 0 amide bonds. The van der Waals surface area contributed by atoms with Crippen LogP contribution in [-0.2, 0) is 4.74 Å². The van der Waals surface area contributed by atoms with Crippen molar-refractivity contribution < 1.29 is 14.3 Å². The second-order valence-electron chi connectivity index (χ2n) is 4.79. The van der Waals surface area contributed by atoms with E-state index < -0.39 is 0 Å². The molecule has 0 N–H and O–H groups in total. The lowest BCUT2D eigenvalue weighted by molar-refractivity contribution is 0.0378. The first-order chi connectivity index (χ1) is 8.97. The minimum atomic E-state index is -0.342. The molecule has 0 fully saturated rings. The fourth-order valence-corrected chi connectivity index (χ4v) is 1.87. The summed E-state index contributed by atoms with van der Waals surface area (Å²) in [6, 6.07) is 10.8. The second-order valence-corrected chi connectivity index (χ2v) is 4.79. The fourth-order valence-electron chi connectivity index (χ4n) is 1.87. The van der Waals surface area contributed by atoms with E-state index in [2.05, 4.69) is 0 Å². The number of benzene rings is 2. The molecule has 0 saturated heterocycles. The first-order valence-corrected chi connectivity index (χ1v) is 6.23. The Morgan fingerprint density at radius 2 is 1.53 bits per heavy atom. The normalized spacial score (nSPS) is 10.7. The highest BCUT2D eigenvalue weighted by Gasteiger charge is 2.10. The number of esters is 1. The number of rotatable bonds is 3.